The summed E-state index contributed by atoms with van der Waals surface area (Å²) < 4.78 is 5.63. The summed E-state index contributed by atoms with van der Waals surface area (Å²) in [6.07, 6.45) is 1.66. The lowest BCUT2D eigenvalue weighted by molar-refractivity contribution is 0.00774. The van der Waals surface area contributed by atoms with Crippen molar-refractivity contribution in [3.05, 3.63) is 0 Å². The number of morpholine rings is 1. The molecule has 3 heteroatoms. The van der Waals surface area contributed by atoms with Crippen LogP contribution in [0.1, 0.15) is 13.3 Å². The Kier molecular flexibility index (Phi) is 3.19. The second-order valence-corrected chi connectivity index (χ2v) is 4.35. The first kappa shape index (κ1) is 9.44. The highest BCUT2D eigenvalue weighted by Crippen LogP contribution is 2.15. The van der Waals surface area contributed by atoms with Crippen LogP contribution in [0.15, 0.2) is 0 Å². The topological polar surface area (TPSA) is 24.5 Å². The zero-order chi connectivity index (χ0) is 9.10. The normalized spacial score (nSPS) is 31.6. The number of likely N-dealkylation sites (tertiary alicyclic amines) is 1. The average molecular weight is 184 g/mol. The molecule has 2 saturated heterocycles. The number of nitrogens with zero attached hydrogens (tertiary/aromatic N) is 1. The Morgan fingerprint density at radius 2 is 2.31 bits per heavy atom. The van der Waals surface area contributed by atoms with Gasteiger partial charge in [-0.25, -0.2) is 0 Å². The predicted molar refractivity (Wildman–Crippen MR) is 52.8 cm³/mol. The monoisotopic (exact) mass is 184 g/mol. The van der Waals surface area contributed by atoms with Crippen molar-refractivity contribution in [1.29, 1.82) is 0 Å². The van der Waals surface area contributed by atoms with Crippen LogP contribution in [-0.4, -0.2) is 50.3 Å². The highest BCUT2D eigenvalue weighted by atomic mass is 16.5. The van der Waals surface area contributed by atoms with Crippen LogP contribution in [0.5, 0.6) is 0 Å². The van der Waals surface area contributed by atoms with E-state index in [0.717, 1.165) is 25.6 Å². The summed E-state index contributed by atoms with van der Waals surface area (Å²) in [5.41, 5.74) is 0. The van der Waals surface area contributed by atoms with Crippen LogP contribution in [0, 0.1) is 5.92 Å². The standard InChI is InChI=1S/C10H20N2O/c1-9-7-12(8-9)4-2-10-6-11-3-5-13-10/h9-11H,2-8H2,1H3. The molecule has 13 heavy (non-hydrogen) atoms. The largest absolute Gasteiger partial charge is 0.376 e. The van der Waals surface area contributed by atoms with E-state index in [-0.39, 0.29) is 0 Å². The minimum Gasteiger partial charge on any atom is -0.376 e. The first-order valence-electron chi connectivity index (χ1n) is 5.39. The van der Waals surface area contributed by atoms with Gasteiger partial charge in [-0.2, -0.15) is 0 Å². The third-order valence-corrected chi connectivity index (χ3v) is 2.91. The number of nitrogens with one attached hydrogen (secondary N) is 1. The maximum Gasteiger partial charge on any atom is 0.0712 e. The van der Waals surface area contributed by atoms with Crippen molar-refractivity contribution in [3.8, 4) is 0 Å². The van der Waals surface area contributed by atoms with Gasteiger partial charge in [0.1, 0.15) is 0 Å². The molecule has 0 aromatic heterocycles. The van der Waals surface area contributed by atoms with E-state index < -0.39 is 0 Å². The molecule has 0 aromatic rings. The van der Waals surface area contributed by atoms with E-state index in [2.05, 4.69) is 17.1 Å². The van der Waals surface area contributed by atoms with Crippen molar-refractivity contribution in [2.45, 2.75) is 19.4 Å². The molecule has 0 aliphatic carbocycles. The number of hydrogen-bond acceptors (Lipinski definition) is 3. The van der Waals surface area contributed by atoms with Gasteiger partial charge in [-0.3, -0.25) is 0 Å². The van der Waals surface area contributed by atoms with Crippen molar-refractivity contribution in [2.75, 3.05) is 39.3 Å². The first-order chi connectivity index (χ1) is 6.34. The molecule has 1 atom stereocenters. The van der Waals surface area contributed by atoms with Crippen LogP contribution in [0.2, 0.25) is 0 Å². The average Bonchev–Trinajstić information content (AvgIpc) is 2.12. The molecule has 0 saturated carbocycles. The Labute approximate surface area is 80.4 Å². The Morgan fingerprint density at radius 1 is 1.46 bits per heavy atom. The zero-order valence-corrected chi connectivity index (χ0v) is 8.46. The van der Waals surface area contributed by atoms with Crippen LogP contribution in [-0.2, 0) is 4.74 Å². The summed E-state index contributed by atoms with van der Waals surface area (Å²) in [5.74, 6) is 0.922. The fourth-order valence-corrected chi connectivity index (χ4v) is 2.14. The lowest BCUT2D eigenvalue weighted by Gasteiger charge is -2.38. The summed E-state index contributed by atoms with van der Waals surface area (Å²) in [6.45, 7) is 9.08. The Morgan fingerprint density at radius 3 is 2.92 bits per heavy atom. The minimum atomic E-state index is 0.463. The number of hydrogen-bond donors (Lipinski definition) is 1. The zero-order valence-electron chi connectivity index (χ0n) is 8.46. The summed E-state index contributed by atoms with van der Waals surface area (Å²) in [6, 6.07) is 0. The van der Waals surface area contributed by atoms with Gasteiger partial charge in [-0.15, -0.1) is 0 Å². The molecule has 2 aliphatic rings. The molecule has 0 spiro atoms. The Hall–Kier alpha value is -0.120. The summed E-state index contributed by atoms with van der Waals surface area (Å²) in [5, 5.41) is 3.36. The van der Waals surface area contributed by atoms with E-state index in [1.54, 1.807) is 0 Å². The second kappa shape index (κ2) is 4.40. The van der Waals surface area contributed by atoms with Crippen molar-refractivity contribution < 1.29 is 4.74 Å². The van der Waals surface area contributed by atoms with Gasteiger partial charge in [-0.05, 0) is 12.3 Å². The highest BCUT2D eigenvalue weighted by molar-refractivity contribution is 4.78. The highest BCUT2D eigenvalue weighted by Gasteiger charge is 2.23. The van der Waals surface area contributed by atoms with Crippen LogP contribution in [0.4, 0.5) is 0 Å². The predicted octanol–water partition coefficient (Wildman–Crippen LogP) is 0.317. The molecule has 2 rings (SSSR count). The van der Waals surface area contributed by atoms with E-state index in [1.807, 2.05) is 0 Å². The maximum absolute atomic E-state index is 5.63. The molecule has 0 radical (unpaired) electrons. The van der Waals surface area contributed by atoms with Gasteiger partial charge in [0.05, 0.1) is 12.7 Å². The fourth-order valence-electron chi connectivity index (χ4n) is 2.14. The maximum atomic E-state index is 5.63. The van der Waals surface area contributed by atoms with Crippen LogP contribution in [0.3, 0.4) is 0 Å². The molecule has 2 heterocycles. The summed E-state index contributed by atoms with van der Waals surface area (Å²) >= 11 is 0. The number of rotatable bonds is 3. The molecule has 0 aromatic carbocycles. The molecule has 3 nitrogen and oxygen atoms in total. The van der Waals surface area contributed by atoms with Crippen LogP contribution >= 0.6 is 0 Å². The molecule has 1 N–H and O–H groups in total. The summed E-state index contributed by atoms with van der Waals surface area (Å²) in [4.78, 5) is 2.52. The smallest absolute Gasteiger partial charge is 0.0712 e. The fraction of sp³-hybridized carbons (Fsp3) is 1.00. The van der Waals surface area contributed by atoms with Crippen molar-refractivity contribution >= 4 is 0 Å². The van der Waals surface area contributed by atoms with Gasteiger partial charge in [0.15, 0.2) is 0 Å². The molecular weight excluding hydrogens is 164 g/mol. The van der Waals surface area contributed by atoms with Gasteiger partial charge in [-0.1, -0.05) is 6.92 Å². The van der Waals surface area contributed by atoms with Crippen LogP contribution in [0.25, 0.3) is 0 Å². The summed E-state index contributed by atoms with van der Waals surface area (Å²) in [7, 11) is 0. The van der Waals surface area contributed by atoms with Gasteiger partial charge in [0.25, 0.3) is 0 Å². The molecular formula is C10H20N2O. The minimum absolute atomic E-state index is 0.463. The number of ether oxygens (including phenoxy) is 1. The van der Waals surface area contributed by atoms with E-state index in [9.17, 15) is 0 Å². The Balaban J connectivity index is 1.56. The van der Waals surface area contributed by atoms with E-state index in [4.69, 9.17) is 4.74 Å². The Bertz CT molecular complexity index is 151. The quantitative estimate of drug-likeness (QED) is 0.683. The lowest BCUT2D eigenvalue weighted by atomic mass is 10.0. The van der Waals surface area contributed by atoms with E-state index in [0.29, 0.717) is 6.10 Å². The van der Waals surface area contributed by atoms with Crippen molar-refractivity contribution in [2.24, 2.45) is 5.92 Å². The van der Waals surface area contributed by atoms with Crippen LogP contribution < -0.4 is 5.32 Å². The SMILES string of the molecule is CC1CN(CCC2CNCCO2)C1. The van der Waals surface area contributed by atoms with Crippen molar-refractivity contribution in [3.63, 3.8) is 0 Å². The van der Waals surface area contributed by atoms with Gasteiger partial charge in [0, 0.05) is 32.7 Å². The third kappa shape index (κ3) is 2.66. The molecule has 0 bridgehead atoms. The molecule has 2 fully saturated rings. The molecule has 1 unspecified atom stereocenters. The van der Waals surface area contributed by atoms with E-state index in [1.165, 1.54) is 26.1 Å². The lowest BCUT2D eigenvalue weighted by Crippen LogP contribution is -2.47. The molecule has 0 amide bonds. The third-order valence-electron chi connectivity index (χ3n) is 2.91. The van der Waals surface area contributed by atoms with Gasteiger partial charge >= 0.3 is 0 Å². The first-order valence-corrected chi connectivity index (χ1v) is 5.39. The molecule has 76 valence electrons. The second-order valence-electron chi connectivity index (χ2n) is 4.35. The molecule has 2 aliphatic heterocycles. The van der Waals surface area contributed by atoms with Gasteiger partial charge < -0.3 is 15.0 Å². The van der Waals surface area contributed by atoms with Gasteiger partial charge in [0.2, 0.25) is 0 Å². The van der Waals surface area contributed by atoms with Crippen molar-refractivity contribution in [1.82, 2.24) is 10.2 Å². The van der Waals surface area contributed by atoms with E-state index >= 15 is 0 Å².